The molecule has 0 atom stereocenters. The van der Waals surface area contributed by atoms with Crippen LogP contribution in [0.5, 0.6) is 0 Å². The van der Waals surface area contributed by atoms with Crippen molar-refractivity contribution in [3.63, 3.8) is 0 Å². The summed E-state index contributed by atoms with van der Waals surface area (Å²) in [5, 5.41) is 0. The normalized spacial score (nSPS) is 22.9. The Morgan fingerprint density at radius 2 is 1.86 bits per heavy atom. The Morgan fingerprint density at radius 3 is 2.43 bits per heavy atom. The Labute approximate surface area is 121 Å². The van der Waals surface area contributed by atoms with Crippen LogP contribution in [0.4, 0.5) is 13.2 Å². The second kappa shape index (κ2) is 6.05. The van der Waals surface area contributed by atoms with Crippen LogP contribution in [0.2, 0.25) is 0 Å². The first-order valence-corrected chi connectivity index (χ1v) is 6.99. The SMILES string of the molecule is CN(C(=O)c1cccc(C(F)(F)F)c1)C1CCC(N)CC1. The summed E-state index contributed by atoms with van der Waals surface area (Å²) < 4.78 is 38.1. The van der Waals surface area contributed by atoms with E-state index in [-0.39, 0.29) is 23.6 Å². The molecule has 1 amide bonds. The minimum absolute atomic E-state index is 0.0480. The monoisotopic (exact) mass is 300 g/mol. The van der Waals surface area contributed by atoms with Crippen molar-refractivity contribution in [2.75, 3.05) is 7.05 Å². The van der Waals surface area contributed by atoms with E-state index in [1.54, 1.807) is 11.9 Å². The fourth-order valence-electron chi connectivity index (χ4n) is 2.69. The van der Waals surface area contributed by atoms with Crippen molar-refractivity contribution >= 4 is 5.91 Å². The molecule has 1 aliphatic carbocycles. The predicted molar refractivity (Wildman–Crippen MR) is 73.8 cm³/mol. The molecule has 2 rings (SSSR count). The van der Waals surface area contributed by atoms with Gasteiger partial charge < -0.3 is 10.6 Å². The lowest BCUT2D eigenvalue weighted by molar-refractivity contribution is -0.137. The number of benzene rings is 1. The van der Waals surface area contributed by atoms with Gasteiger partial charge in [-0.15, -0.1) is 0 Å². The Kier molecular flexibility index (Phi) is 4.56. The van der Waals surface area contributed by atoms with Gasteiger partial charge in [0.05, 0.1) is 5.56 Å². The molecule has 0 aliphatic heterocycles. The highest BCUT2D eigenvalue weighted by Crippen LogP contribution is 2.30. The third-order valence-electron chi connectivity index (χ3n) is 4.05. The van der Waals surface area contributed by atoms with Crippen molar-refractivity contribution in [3.05, 3.63) is 35.4 Å². The number of alkyl halides is 3. The van der Waals surface area contributed by atoms with Crippen molar-refractivity contribution in [3.8, 4) is 0 Å². The zero-order valence-electron chi connectivity index (χ0n) is 11.9. The molecule has 6 heteroatoms. The van der Waals surface area contributed by atoms with Crippen LogP contribution >= 0.6 is 0 Å². The van der Waals surface area contributed by atoms with Gasteiger partial charge in [0.2, 0.25) is 0 Å². The summed E-state index contributed by atoms with van der Waals surface area (Å²) in [6.07, 6.45) is -1.17. The van der Waals surface area contributed by atoms with Gasteiger partial charge in [-0.2, -0.15) is 13.2 Å². The van der Waals surface area contributed by atoms with Crippen molar-refractivity contribution < 1.29 is 18.0 Å². The minimum atomic E-state index is -4.44. The second-order valence-corrected chi connectivity index (χ2v) is 5.56. The van der Waals surface area contributed by atoms with Crippen LogP contribution in [0.25, 0.3) is 0 Å². The summed E-state index contributed by atoms with van der Waals surface area (Å²) in [6.45, 7) is 0. The standard InChI is InChI=1S/C15H19F3N2O/c1-20(13-7-5-12(19)6-8-13)14(21)10-3-2-4-11(9-10)15(16,17)18/h2-4,9,12-13H,5-8,19H2,1H3. The lowest BCUT2D eigenvalue weighted by atomic mass is 9.90. The average Bonchev–Trinajstić information content (AvgIpc) is 2.46. The molecule has 1 aromatic carbocycles. The molecule has 3 nitrogen and oxygen atoms in total. The molecule has 0 bridgehead atoms. The van der Waals surface area contributed by atoms with Crippen LogP contribution in [0, 0.1) is 0 Å². The van der Waals surface area contributed by atoms with E-state index < -0.39 is 11.7 Å². The fourth-order valence-corrected chi connectivity index (χ4v) is 2.69. The van der Waals surface area contributed by atoms with Gasteiger partial charge in [-0.1, -0.05) is 6.07 Å². The van der Waals surface area contributed by atoms with E-state index in [0.29, 0.717) is 0 Å². The van der Waals surface area contributed by atoms with Crippen LogP contribution < -0.4 is 5.73 Å². The van der Waals surface area contributed by atoms with Crippen LogP contribution in [0.15, 0.2) is 24.3 Å². The molecule has 0 spiro atoms. The molecule has 1 fully saturated rings. The molecule has 0 saturated heterocycles. The molecule has 21 heavy (non-hydrogen) atoms. The molecular weight excluding hydrogens is 281 g/mol. The smallest absolute Gasteiger partial charge is 0.339 e. The van der Waals surface area contributed by atoms with Gasteiger partial charge in [0, 0.05) is 24.7 Å². The van der Waals surface area contributed by atoms with Crippen molar-refractivity contribution in [1.29, 1.82) is 0 Å². The quantitative estimate of drug-likeness (QED) is 0.912. The van der Waals surface area contributed by atoms with Crippen molar-refractivity contribution in [2.24, 2.45) is 5.73 Å². The molecule has 0 heterocycles. The van der Waals surface area contributed by atoms with Gasteiger partial charge in [-0.25, -0.2) is 0 Å². The van der Waals surface area contributed by atoms with Gasteiger partial charge in [0.25, 0.3) is 5.91 Å². The molecular formula is C15H19F3N2O. The average molecular weight is 300 g/mol. The first-order valence-electron chi connectivity index (χ1n) is 6.99. The topological polar surface area (TPSA) is 46.3 Å². The maximum absolute atomic E-state index is 12.7. The van der Waals surface area contributed by atoms with E-state index in [9.17, 15) is 18.0 Å². The Balaban J connectivity index is 2.12. The van der Waals surface area contributed by atoms with E-state index >= 15 is 0 Å². The maximum atomic E-state index is 12.7. The van der Waals surface area contributed by atoms with Gasteiger partial charge >= 0.3 is 6.18 Å². The first kappa shape index (κ1) is 15.8. The highest BCUT2D eigenvalue weighted by atomic mass is 19.4. The minimum Gasteiger partial charge on any atom is -0.339 e. The highest BCUT2D eigenvalue weighted by Gasteiger charge is 2.32. The third kappa shape index (κ3) is 3.75. The number of rotatable bonds is 2. The van der Waals surface area contributed by atoms with Crippen molar-refractivity contribution in [1.82, 2.24) is 4.90 Å². The van der Waals surface area contributed by atoms with Crippen LogP contribution in [0.1, 0.15) is 41.6 Å². The zero-order chi connectivity index (χ0) is 15.6. The zero-order valence-corrected chi connectivity index (χ0v) is 11.9. The van der Waals surface area contributed by atoms with E-state index in [1.165, 1.54) is 12.1 Å². The van der Waals surface area contributed by atoms with Crippen LogP contribution in [-0.4, -0.2) is 29.9 Å². The lowest BCUT2D eigenvalue weighted by Crippen LogP contribution is -2.41. The van der Waals surface area contributed by atoms with Crippen LogP contribution in [-0.2, 0) is 6.18 Å². The molecule has 1 aromatic rings. The lowest BCUT2D eigenvalue weighted by Gasteiger charge is -2.33. The molecule has 1 saturated carbocycles. The van der Waals surface area contributed by atoms with Gasteiger partial charge in [0.15, 0.2) is 0 Å². The second-order valence-electron chi connectivity index (χ2n) is 5.56. The Bertz CT molecular complexity index is 508. The maximum Gasteiger partial charge on any atom is 0.416 e. The molecule has 2 N–H and O–H groups in total. The number of nitrogens with two attached hydrogens (primary N) is 1. The molecule has 116 valence electrons. The molecule has 0 unspecified atom stereocenters. The largest absolute Gasteiger partial charge is 0.416 e. The van der Waals surface area contributed by atoms with E-state index in [1.807, 2.05) is 0 Å². The molecule has 0 radical (unpaired) electrons. The number of nitrogens with zero attached hydrogens (tertiary/aromatic N) is 1. The number of hydrogen-bond donors (Lipinski definition) is 1. The number of amides is 1. The van der Waals surface area contributed by atoms with E-state index in [4.69, 9.17) is 5.73 Å². The Hall–Kier alpha value is -1.56. The van der Waals surface area contributed by atoms with Gasteiger partial charge in [-0.3, -0.25) is 4.79 Å². The summed E-state index contributed by atoms with van der Waals surface area (Å²) in [5.74, 6) is -0.374. The summed E-state index contributed by atoms with van der Waals surface area (Å²) in [7, 11) is 1.64. The third-order valence-corrected chi connectivity index (χ3v) is 4.05. The van der Waals surface area contributed by atoms with E-state index in [0.717, 1.165) is 37.8 Å². The number of carbonyl (C=O) groups is 1. The van der Waals surface area contributed by atoms with Gasteiger partial charge in [0.1, 0.15) is 0 Å². The van der Waals surface area contributed by atoms with E-state index in [2.05, 4.69) is 0 Å². The highest BCUT2D eigenvalue weighted by molar-refractivity contribution is 5.94. The number of hydrogen-bond acceptors (Lipinski definition) is 2. The number of halogens is 3. The summed E-state index contributed by atoms with van der Waals surface area (Å²) in [6, 6.07) is 4.78. The van der Waals surface area contributed by atoms with Crippen molar-refractivity contribution in [2.45, 2.75) is 43.9 Å². The summed E-state index contributed by atoms with van der Waals surface area (Å²) in [4.78, 5) is 13.9. The predicted octanol–water partition coefficient (Wildman–Crippen LogP) is 3.05. The molecule has 0 aromatic heterocycles. The van der Waals surface area contributed by atoms with Gasteiger partial charge in [-0.05, 0) is 43.9 Å². The summed E-state index contributed by atoms with van der Waals surface area (Å²) >= 11 is 0. The first-order chi connectivity index (χ1) is 9.79. The summed E-state index contributed by atoms with van der Waals surface area (Å²) in [5.41, 5.74) is 5.10. The Morgan fingerprint density at radius 1 is 1.24 bits per heavy atom. The number of carbonyl (C=O) groups excluding carboxylic acids is 1. The van der Waals surface area contributed by atoms with Crippen LogP contribution in [0.3, 0.4) is 0 Å². The fraction of sp³-hybridized carbons (Fsp3) is 0.533. The molecule has 1 aliphatic rings.